The maximum atomic E-state index is 12.7. The largest absolute Gasteiger partial charge is 0.494 e. The van der Waals surface area contributed by atoms with E-state index < -0.39 is 0 Å². The van der Waals surface area contributed by atoms with Gasteiger partial charge in [0.1, 0.15) is 18.1 Å². The Kier molecular flexibility index (Phi) is 5.06. The number of anilines is 1. The van der Waals surface area contributed by atoms with Crippen LogP contribution in [-0.2, 0) is 11.3 Å². The van der Waals surface area contributed by atoms with Crippen LogP contribution < -0.4 is 10.1 Å². The first-order valence-corrected chi connectivity index (χ1v) is 9.28. The Balaban J connectivity index is 1.61. The lowest BCUT2D eigenvalue weighted by atomic mass is 10.2. The van der Waals surface area contributed by atoms with Gasteiger partial charge in [-0.05, 0) is 43.3 Å². The lowest BCUT2D eigenvalue weighted by Gasteiger charge is -2.11. The minimum atomic E-state index is -0.107. The maximum Gasteiger partial charge on any atom is 0.244 e. The van der Waals surface area contributed by atoms with Gasteiger partial charge in [0.15, 0.2) is 0 Å². The van der Waals surface area contributed by atoms with Crippen LogP contribution in [0.3, 0.4) is 0 Å². The molecule has 0 spiro atoms. The Morgan fingerprint density at radius 2 is 1.68 bits per heavy atom. The summed E-state index contributed by atoms with van der Waals surface area (Å²) in [5.41, 5.74) is 3.52. The summed E-state index contributed by atoms with van der Waals surface area (Å²) < 4.78 is 7.39. The second-order valence-corrected chi connectivity index (χ2v) is 6.38. The number of hydrogen-bond donors (Lipinski definition) is 1. The van der Waals surface area contributed by atoms with Gasteiger partial charge in [0.25, 0.3) is 0 Å². The van der Waals surface area contributed by atoms with Crippen LogP contribution in [0.25, 0.3) is 22.4 Å². The summed E-state index contributed by atoms with van der Waals surface area (Å²) in [5, 5.41) is 2.95. The molecule has 140 valence electrons. The molecule has 5 nitrogen and oxygen atoms in total. The lowest BCUT2D eigenvalue weighted by molar-refractivity contribution is -0.116. The first-order valence-electron chi connectivity index (χ1n) is 9.28. The average molecular weight is 371 g/mol. The van der Waals surface area contributed by atoms with Gasteiger partial charge in [-0.2, -0.15) is 0 Å². The van der Waals surface area contributed by atoms with E-state index in [4.69, 9.17) is 9.72 Å². The average Bonchev–Trinajstić information content (AvgIpc) is 3.09. The number of para-hydroxylation sites is 2. The number of hydrogen-bond acceptors (Lipinski definition) is 3. The number of carbonyl (C=O) groups excluding carboxylic acids is 1. The van der Waals surface area contributed by atoms with Crippen molar-refractivity contribution in [3.63, 3.8) is 0 Å². The van der Waals surface area contributed by atoms with Gasteiger partial charge in [0.2, 0.25) is 5.91 Å². The van der Waals surface area contributed by atoms with Gasteiger partial charge < -0.3 is 14.6 Å². The summed E-state index contributed by atoms with van der Waals surface area (Å²) in [5.74, 6) is 1.46. The highest BCUT2D eigenvalue weighted by atomic mass is 16.5. The normalized spacial score (nSPS) is 10.8. The number of imidazole rings is 1. The number of nitrogens with zero attached hydrogens (tertiary/aromatic N) is 2. The third-order valence-electron chi connectivity index (χ3n) is 4.44. The topological polar surface area (TPSA) is 56.1 Å². The zero-order valence-electron chi connectivity index (χ0n) is 15.6. The molecule has 4 rings (SSSR count). The number of carbonyl (C=O) groups is 1. The molecule has 0 fully saturated rings. The van der Waals surface area contributed by atoms with E-state index in [9.17, 15) is 4.79 Å². The highest BCUT2D eigenvalue weighted by molar-refractivity contribution is 5.92. The third kappa shape index (κ3) is 3.74. The molecule has 0 atom stereocenters. The molecule has 0 saturated carbocycles. The smallest absolute Gasteiger partial charge is 0.244 e. The van der Waals surface area contributed by atoms with Crippen LogP contribution in [0.15, 0.2) is 78.9 Å². The van der Waals surface area contributed by atoms with Gasteiger partial charge in [-0.15, -0.1) is 0 Å². The van der Waals surface area contributed by atoms with E-state index in [1.807, 2.05) is 90.4 Å². The summed E-state index contributed by atoms with van der Waals surface area (Å²) in [6, 6.07) is 25.1. The number of aromatic nitrogens is 2. The van der Waals surface area contributed by atoms with Gasteiger partial charge in [-0.25, -0.2) is 4.98 Å². The maximum absolute atomic E-state index is 12.7. The van der Waals surface area contributed by atoms with Gasteiger partial charge in [-0.1, -0.05) is 42.5 Å². The summed E-state index contributed by atoms with van der Waals surface area (Å²) in [6.45, 7) is 2.73. The highest BCUT2D eigenvalue weighted by Gasteiger charge is 2.15. The first kappa shape index (κ1) is 17.8. The third-order valence-corrected chi connectivity index (χ3v) is 4.44. The fourth-order valence-electron chi connectivity index (χ4n) is 3.19. The molecular formula is C23H21N3O2. The molecule has 1 N–H and O–H groups in total. The van der Waals surface area contributed by atoms with Crippen LogP contribution in [0, 0.1) is 0 Å². The quantitative estimate of drug-likeness (QED) is 0.533. The first-order chi connectivity index (χ1) is 13.7. The monoisotopic (exact) mass is 371 g/mol. The van der Waals surface area contributed by atoms with Crippen molar-refractivity contribution in [2.24, 2.45) is 0 Å². The Morgan fingerprint density at radius 3 is 2.43 bits per heavy atom. The lowest BCUT2D eigenvalue weighted by Crippen LogP contribution is -2.19. The van der Waals surface area contributed by atoms with Gasteiger partial charge >= 0.3 is 0 Å². The van der Waals surface area contributed by atoms with Crippen LogP contribution >= 0.6 is 0 Å². The molecule has 0 aliphatic heterocycles. The molecule has 0 saturated heterocycles. The number of ether oxygens (including phenoxy) is 1. The molecule has 0 aliphatic carbocycles. The fourth-order valence-corrected chi connectivity index (χ4v) is 3.19. The second kappa shape index (κ2) is 7.96. The highest BCUT2D eigenvalue weighted by Crippen LogP contribution is 2.25. The van der Waals surface area contributed by atoms with E-state index in [2.05, 4.69) is 5.32 Å². The predicted molar refractivity (Wildman–Crippen MR) is 111 cm³/mol. The molecular weight excluding hydrogens is 350 g/mol. The Hall–Kier alpha value is -3.60. The molecule has 1 aromatic heterocycles. The van der Waals surface area contributed by atoms with Crippen LogP contribution in [0.4, 0.5) is 5.69 Å². The Labute approximate surface area is 163 Å². The van der Waals surface area contributed by atoms with Crippen molar-refractivity contribution in [2.45, 2.75) is 13.5 Å². The number of benzene rings is 3. The summed E-state index contributed by atoms with van der Waals surface area (Å²) >= 11 is 0. The molecule has 1 amide bonds. The van der Waals surface area contributed by atoms with Crippen molar-refractivity contribution >= 4 is 22.6 Å². The molecule has 0 radical (unpaired) electrons. The van der Waals surface area contributed by atoms with Crippen molar-refractivity contribution in [3.8, 4) is 17.1 Å². The van der Waals surface area contributed by atoms with Crippen molar-refractivity contribution in [1.29, 1.82) is 0 Å². The summed E-state index contributed by atoms with van der Waals surface area (Å²) in [4.78, 5) is 17.5. The minimum Gasteiger partial charge on any atom is -0.494 e. The van der Waals surface area contributed by atoms with E-state index in [0.717, 1.165) is 33.9 Å². The van der Waals surface area contributed by atoms with E-state index in [0.29, 0.717) is 6.61 Å². The summed E-state index contributed by atoms with van der Waals surface area (Å²) in [6.07, 6.45) is 0. The van der Waals surface area contributed by atoms with E-state index >= 15 is 0 Å². The molecule has 1 heterocycles. The number of nitrogens with one attached hydrogen (secondary N) is 1. The van der Waals surface area contributed by atoms with E-state index in [-0.39, 0.29) is 12.5 Å². The number of fused-ring (bicyclic) bond motifs is 1. The van der Waals surface area contributed by atoms with Crippen LogP contribution in [0.5, 0.6) is 5.75 Å². The minimum absolute atomic E-state index is 0.107. The molecule has 0 unspecified atom stereocenters. The summed E-state index contributed by atoms with van der Waals surface area (Å²) in [7, 11) is 0. The zero-order chi connectivity index (χ0) is 19.3. The van der Waals surface area contributed by atoms with Crippen molar-refractivity contribution in [2.75, 3.05) is 11.9 Å². The van der Waals surface area contributed by atoms with E-state index in [1.54, 1.807) is 0 Å². The molecule has 3 aromatic carbocycles. The number of amides is 1. The van der Waals surface area contributed by atoms with E-state index in [1.165, 1.54) is 0 Å². The SMILES string of the molecule is CCOc1ccc(NC(=O)Cn2c(-c3ccccc3)nc3ccccc32)cc1. The van der Waals surface area contributed by atoms with Crippen molar-refractivity contribution in [1.82, 2.24) is 9.55 Å². The van der Waals surface area contributed by atoms with Crippen LogP contribution in [0.1, 0.15) is 6.92 Å². The number of rotatable bonds is 6. The molecule has 4 aromatic rings. The Morgan fingerprint density at radius 1 is 0.964 bits per heavy atom. The van der Waals surface area contributed by atoms with Gasteiger partial charge in [0.05, 0.1) is 17.6 Å². The molecule has 0 aliphatic rings. The standard InChI is InChI=1S/C23H21N3O2/c1-2-28-19-14-12-18(13-15-19)24-22(27)16-26-21-11-7-6-10-20(21)25-23(26)17-8-4-3-5-9-17/h3-15H,2,16H2,1H3,(H,24,27). The molecule has 5 heteroatoms. The zero-order valence-corrected chi connectivity index (χ0v) is 15.6. The van der Waals surface area contributed by atoms with Crippen molar-refractivity contribution in [3.05, 3.63) is 78.9 Å². The van der Waals surface area contributed by atoms with Crippen LogP contribution in [0.2, 0.25) is 0 Å². The van der Waals surface area contributed by atoms with Crippen LogP contribution in [-0.4, -0.2) is 22.1 Å². The predicted octanol–water partition coefficient (Wildman–Crippen LogP) is 4.74. The van der Waals surface area contributed by atoms with Crippen molar-refractivity contribution < 1.29 is 9.53 Å². The van der Waals surface area contributed by atoms with Gasteiger partial charge in [0, 0.05) is 11.3 Å². The second-order valence-electron chi connectivity index (χ2n) is 6.38. The molecule has 0 bridgehead atoms. The van der Waals surface area contributed by atoms with Gasteiger partial charge in [-0.3, -0.25) is 4.79 Å². The molecule has 28 heavy (non-hydrogen) atoms. The Bertz CT molecular complexity index is 1090. The fraction of sp³-hybridized carbons (Fsp3) is 0.130.